The Hall–Kier alpha value is -1.95. The minimum absolute atomic E-state index is 0.0353. The number of methoxy groups -OCH3 is 3. The molecular formula is C12H17NO5. The van der Waals surface area contributed by atoms with Crippen molar-refractivity contribution >= 4 is 5.97 Å². The quantitative estimate of drug-likeness (QED) is 0.762. The SMILES string of the molecule is COC(=O)C[C@H](N)c1cc(OC)c(O)c(OC)c1. The van der Waals surface area contributed by atoms with Crippen LogP contribution in [0.15, 0.2) is 12.1 Å². The molecule has 6 nitrogen and oxygen atoms in total. The lowest BCUT2D eigenvalue weighted by atomic mass is 10.0. The van der Waals surface area contributed by atoms with E-state index in [0.29, 0.717) is 5.56 Å². The van der Waals surface area contributed by atoms with E-state index in [2.05, 4.69) is 4.74 Å². The number of rotatable bonds is 5. The number of phenols is 1. The fourth-order valence-electron chi connectivity index (χ4n) is 1.51. The molecule has 0 aromatic heterocycles. The van der Waals surface area contributed by atoms with E-state index in [0.717, 1.165) is 0 Å². The molecule has 0 amide bonds. The van der Waals surface area contributed by atoms with Crippen LogP contribution >= 0.6 is 0 Å². The summed E-state index contributed by atoms with van der Waals surface area (Å²) < 4.78 is 14.6. The number of hydrogen-bond acceptors (Lipinski definition) is 6. The van der Waals surface area contributed by atoms with Crippen molar-refractivity contribution in [2.24, 2.45) is 5.73 Å². The topological polar surface area (TPSA) is 91.0 Å². The third kappa shape index (κ3) is 3.04. The Labute approximate surface area is 105 Å². The molecule has 0 aliphatic rings. The molecule has 100 valence electrons. The summed E-state index contributed by atoms with van der Waals surface area (Å²) in [5, 5.41) is 9.74. The van der Waals surface area contributed by atoms with Crippen LogP contribution in [0.25, 0.3) is 0 Å². The molecule has 1 atom stereocenters. The summed E-state index contributed by atoms with van der Waals surface area (Å²) in [7, 11) is 4.14. The van der Waals surface area contributed by atoms with Gasteiger partial charge in [-0.25, -0.2) is 0 Å². The highest BCUT2D eigenvalue weighted by molar-refractivity contribution is 5.70. The molecular weight excluding hydrogens is 238 g/mol. The van der Waals surface area contributed by atoms with E-state index >= 15 is 0 Å². The standard InChI is InChI=1S/C12H17NO5/c1-16-9-4-7(5-10(17-2)12(9)15)8(13)6-11(14)18-3/h4-5,8,15H,6,13H2,1-3H3/t8-/m0/s1. The number of benzene rings is 1. The number of nitrogens with two attached hydrogens (primary N) is 1. The van der Waals surface area contributed by atoms with Gasteiger partial charge in [-0.05, 0) is 17.7 Å². The number of hydrogen-bond donors (Lipinski definition) is 2. The molecule has 0 radical (unpaired) electrons. The summed E-state index contributed by atoms with van der Waals surface area (Å²) in [5.74, 6) is -0.0307. The van der Waals surface area contributed by atoms with Gasteiger partial charge in [0.1, 0.15) is 0 Å². The molecule has 3 N–H and O–H groups in total. The maximum absolute atomic E-state index is 11.2. The monoisotopic (exact) mass is 255 g/mol. The molecule has 1 aromatic rings. The zero-order valence-electron chi connectivity index (χ0n) is 10.6. The summed E-state index contributed by atoms with van der Waals surface area (Å²) in [6.45, 7) is 0. The molecule has 0 aliphatic heterocycles. The zero-order chi connectivity index (χ0) is 13.7. The Morgan fingerprint density at radius 1 is 1.28 bits per heavy atom. The lowest BCUT2D eigenvalue weighted by Crippen LogP contribution is -2.16. The lowest BCUT2D eigenvalue weighted by molar-refractivity contribution is -0.141. The van der Waals surface area contributed by atoms with Crippen molar-refractivity contribution in [2.75, 3.05) is 21.3 Å². The van der Waals surface area contributed by atoms with Crippen LogP contribution in [0, 0.1) is 0 Å². The Morgan fingerprint density at radius 2 is 1.78 bits per heavy atom. The molecule has 0 bridgehead atoms. The maximum Gasteiger partial charge on any atom is 0.307 e. The first-order valence-electron chi connectivity index (χ1n) is 5.30. The third-order valence-corrected chi connectivity index (χ3v) is 2.54. The Morgan fingerprint density at radius 3 is 2.17 bits per heavy atom. The average Bonchev–Trinajstić information content (AvgIpc) is 2.38. The van der Waals surface area contributed by atoms with Crippen LogP contribution < -0.4 is 15.2 Å². The van der Waals surface area contributed by atoms with Gasteiger partial charge in [0.05, 0.1) is 27.8 Å². The van der Waals surface area contributed by atoms with Gasteiger partial charge in [0.15, 0.2) is 11.5 Å². The van der Waals surface area contributed by atoms with Crippen LogP contribution in [0.1, 0.15) is 18.0 Å². The van der Waals surface area contributed by atoms with Gasteiger partial charge in [-0.1, -0.05) is 0 Å². The van der Waals surface area contributed by atoms with Crippen molar-refractivity contribution in [1.82, 2.24) is 0 Å². The first-order chi connectivity index (χ1) is 8.53. The van der Waals surface area contributed by atoms with Crippen LogP contribution in [-0.2, 0) is 9.53 Å². The van der Waals surface area contributed by atoms with E-state index in [1.54, 1.807) is 12.1 Å². The van der Waals surface area contributed by atoms with E-state index in [1.807, 2.05) is 0 Å². The smallest absolute Gasteiger partial charge is 0.307 e. The van der Waals surface area contributed by atoms with Gasteiger partial charge >= 0.3 is 5.97 Å². The zero-order valence-corrected chi connectivity index (χ0v) is 10.6. The second-order valence-electron chi connectivity index (χ2n) is 3.66. The first kappa shape index (κ1) is 14.1. The lowest BCUT2D eigenvalue weighted by Gasteiger charge is -2.15. The van der Waals surface area contributed by atoms with E-state index in [1.165, 1.54) is 21.3 Å². The summed E-state index contributed by atoms with van der Waals surface area (Å²) in [5.41, 5.74) is 6.49. The number of ether oxygens (including phenoxy) is 3. The Kier molecular flexibility index (Phi) is 4.79. The molecule has 0 saturated heterocycles. The van der Waals surface area contributed by atoms with Crippen molar-refractivity contribution in [3.8, 4) is 17.2 Å². The molecule has 0 saturated carbocycles. The van der Waals surface area contributed by atoms with Gasteiger partial charge in [-0.15, -0.1) is 0 Å². The fraction of sp³-hybridized carbons (Fsp3) is 0.417. The van der Waals surface area contributed by atoms with E-state index < -0.39 is 12.0 Å². The molecule has 1 aromatic carbocycles. The predicted octanol–water partition coefficient (Wildman–Crippen LogP) is 0.972. The van der Waals surface area contributed by atoms with E-state index in [4.69, 9.17) is 15.2 Å². The van der Waals surface area contributed by atoms with Crippen molar-refractivity contribution in [2.45, 2.75) is 12.5 Å². The van der Waals surface area contributed by atoms with Crippen LogP contribution in [0.2, 0.25) is 0 Å². The summed E-state index contributed by atoms with van der Waals surface area (Å²) >= 11 is 0. The maximum atomic E-state index is 11.2. The molecule has 0 spiro atoms. The van der Waals surface area contributed by atoms with Crippen molar-refractivity contribution in [3.05, 3.63) is 17.7 Å². The third-order valence-electron chi connectivity index (χ3n) is 2.54. The van der Waals surface area contributed by atoms with E-state index in [9.17, 15) is 9.90 Å². The summed E-state index contributed by atoms with van der Waals surface area (Å²) in [4.78, 5) is 11.2. The largest absolute Gasteiger partial charge is 0.502 e. The highest BCUT2D eigenvalue weighted by Crippen LogP contribution is 2.38. The second kappa shape index (κ2) is 6.11. The molecule has 0 fully saturated rings. The molecule has 0 aliphatic carbocycles. The molecule has 6 heteroatoms. The minimum Gasteiger partial charge on any atom is -0.502 e. The van der Waals surface area contributed by atoms with Crippen LogP contribution in [0.5, 0.6) is 17.2 Å². The highest BCUT2D eigenvalue weighted by atomic mass is 16.5. The Bertz CT molecular complexity index is 407. The number of carbonyl (C=O) groups is 1. The number of esters is 1. The summed E-state index contributed by atoms with van der Waals surface area (Å²) in [6, 6.07) is 2.57. The number of aromatic hydroxyl groups is 1. The van der Waals surface area contributed by atoms with Gasteiger partial charge in [0.2, 0.25) is 5.75 Å². The summed E-state index contributed by atoms with van der Waals surface area (Å²) in [6.07, 6.45) is 0.0353. The Balaban J connectivity index is 3.05. The average molecular weight is 255 g/mol. The van der Waals surface area contributed by atoms with Crippen molar-refractivity contribution in [3.63, 3.8) is 0 Å². The normalized spacial score (nSPS) is 11.8. The minimum atomic E-state index is -0.555. The van der Waals surface area contributed by atoms with Crippen LogP contribution in [0.4, 0.5) is 0 Å². The van der Waals surface area contributed by atoms with Crippen LogP contribution in [0.3, 0.4) is 0 Å². The van der Waals surface area contributed by atoms with Gasteiger partial charge in [-0.2, -0.15) is 0 Å². The van der Waals surface area contributed by atoms with Crippen LogP contribution in [-0.4, -0.2) is 32.4 Å². The number of carbonyl (C=O) groups excluding carboxylic acids is 1. The highest BCUT2D eigenvalue weighted by Gasteiger charge is 2.17. The number of phenolic OH excluding ortho intramolecular Hbond substituents is 1. The second-order valence-corrected chi connectivity index (χ2v) is 3.66. The fourth-order valence-corrected chi connectivity index (χ4v) is 1.51. The molecule has 1 rings (SSSR count). The first-order valence-corrected chi connectivity index (χ1v) is 5.30. The molecule has 0 unspecified atom stereocenters. The molecule has 0 heterocycles. The van der Waals surface area contributed by atoms with Gasteiger partial charge in [-0.3, -0.25) is 4.79 Å². The van der Waals surface area contributed by atoms with Crippen molar-refractivity contribution in [1.29, 1.82) is 0 Å². The van der Waals surface area contributed by atoms with Gasteiger partial charge < -0.3 is 25.1 Å². The van der Waals surface area contributed by atoms with E-state index in [-0.39, 0.29) is 23.7 Å². The van der Waals surface area contributed by atoms with Gasteiger partial charge in [0.25, 0.3) is 0 Å². The van der Waals surface area contributed by atoms with Gasteiger partial charge in [0, 0.05) is 6.04 Å². The van der Waals surface area contributed by atoms with Crippen molar-refractivity contribution < 1.29 is 24.1 Å². The predicted molar refractivity (Wildman–Crippen MR) is 64.8 cm³/mol. The molecule has 18 heavy (non-hydrogen) atoms.